The van der Waals surface area contributed by atoms with Gasteiger partial charge in [-0.2, -0.15) is 0 Å². The second-order valence-electron chi connectivity index (χ2n) is 7.41. The highest BCUT2D eigenvalue weighted by Gasteiger charge is 2.24. The van der Waals surface area contributed by atoms with Crippen LogP contribution in [0.5, 0.6) is 5.75 Å². The highest BCUT2D eigenvalue weighted by atomic mass is 16.5. The van der Waals surface area contributed by atoms with E-state index in [0.29, 0.717) is 17.9 Å². The number of rotatable bonds is 7. The van der Waals surface area contributed by atoms with Crippen molar-refractivity contribution in [1.82, 2.24) is 0 Å². The van der Waals surface area contributed by atoms with Gasteiger partial charge in [-0.1, -0.05) is 42.5 Å². The Kier molecular flexibility index (Phi) is 6.17. The van der Waals surface area contributed by atoms with Crippen LogP contribution < -0.4 is 20.3 Å². The number of hydrogen-bond donors (Lipinski definition) is 2. The largest absolute Gasteiger partial charge is 0.497 e. The molecule has 31 heavy (non-hydrogen) atoms. The molecule has 1 aliphatic heterocycles. The molecule has 6 heteroatoms. The van der Waals surface area contributed by atoms with Gasteiger partial charge in [0, 0.05) is 36.1 Å². The van der Waals surface area contributed by atoms with Crippen molar-refractivity contribution in [2.75, 3.05) is 29.2 Å². The Labute approximate surface area is 181 Å². The summed E-state index contributed by atoms with van der Waals surface area (Å²) in [6.07, 6.45) is 1.44. The van der Waals surface area contributed by atoms with E-state index in [-0.39, 0.29) is 11.8 Å². The first-order chi connectivity index (χ1) is 15.1. The van der Waals surface area contributed by atoms with Crippen LogP contribution in [0.3, 0.4) is 0 Å². The normalized spacial score (nSPS) is 14.2. The fourth-order valence-corrected chi connectivity index (χ4v) is 3.71. The smallest absolute Gasteiger partial charge is 0.251 e. The van der Waals surface area contributed by atoms with E-state index >= 15 is 0 Å². The lowest BCUT2D eigenvalue weighted by Gasteiger charge is -2.22. The molecule has 1 atom stereocenters. The molecule has 158 valence electrons. The zero-order valence-corrected chi connectivity index (χ0v) is 17.4. The molecule has 1 saturated heterocycles. The lowest BCUT2D eigenvalue weighted by atomic mass is 10.1. The second kappa shape index (κ2) is 9.34. The summed E-state index contributed by atoms with van der Waals surface area (Å²) in [7, 11) is 1.59. The summed E-state index contributed by atoms with van der Waals surface area (Å²) in [5.74, 6) is 0.611. The van der Waals surface area contributed by atoms with E-state index < -0.39 is 6.04 Å². The molecule has 4 rings (SSSR count). The van der Waals surface area contributed by atoms with Crippen molar-refractivity contribution in [3.05, 3.63) is 84.4 Å². The predicted molar refractivity (Wildman–Crippen MR) is 122 cm³/mol. The van der Waals surface area contributed by atoms with Gasteiger partial charge in [0.05, 0.1) is 7.11 Å². The Morgan fingerprint density at radius 1 is 0.968 bits per heavy atom. The van der Waals surface area contributed by atoms with Crippen molar-refractivity contribution in [2.45, 2.75) is 18.9 Å². The van der Waals surface area contributed by atoms with Crippen molar-refractivity contribution >= 4 is 28.9 Å². The molecule has 0 spiro atoms. The van der Waals surface area contributed by atoms with Gasteiger partial charge in [-0.05, 0) is 42.3 Å². The Morgan fingerprint density at radius 2 is 1.74 bits per heavy atom. The number of carbonyl (C=O) groups excluding carboxylic acids is 2. The molecule has 0 aliphatic carbocycles. The summed E-state index contributed by atoms with van der Waals surface area (Å²) in [6.45, 7) is 0.723. The van der Waals surface area contributed by atoms with E-state index in [1.165, 1.54) is 0 Å². The van der Waals surface area contributed by atoms with Gasteiger partial charge in [0.15, 0.2) is 0 Å². The van der Waals surface area contributed by atoms with Gasteiger partial charge in [-0.3, -0.25) is 9.59 Å². The van der Waals surface area contributed by atoms with Crippen molar-refractivity contribution in [2.24, 2.45) is 0 Å². The van der Waals surface area contributed by atoms with Crippen LogP contribution in [0, 0.1) is 0 Å². The summed E-state index contributed by atoms with van der Waals surface area (Å²) in [6, 6.07) is 23.8. The summed E-state index contributed by atoms with van der Waals surface area (Å²) in [5.41, 5.74) is 3.11. The molecule has 1 heterocycles. The minimum atomic E-state index is -0.614. The SMILES string of the molecule is COc1cccc(NC(=O)[C@@H](Nc2cccc(N3CCCC3=O)c2)c2ccccc2)c1. The minimum Gasteiger partial charge on any atom is -0.497 e. The molecule has 0 unspecified atom stereocenters. The van der Waals surface area contributed by atoms with Gasteiger partial charge >= 0.3 is 0 Å². The van der Waals surface area contributed by atoms with Crippen LogP contribution in [0.1, 0.15) is 24.4 Å². The topological polar surface area (TPSA) is 70.7 Å². The highest BCUT2D eigenvalue weighted by molar-refractivity contribution is 5.98. The third-order valence-corrected chi connectivity index (χ3v) is 5.27. The molecule has 0 radical (unpaired) electrons. The van der Waals surface area contributed by atoms with Gasteiger partial charge in [0.25, 0.3) is 5.91 Å². The number of amides is 2. The first-order valence-corrected chi connectivity index (χ1v) is 10.3. The average molecular weight is 415 g/mol. The number of benzene rings is 3. The predicted octanol–water partition coefficient (Wildman–Crippen LogP) is 4.61. The third-order valence-electron chi connectivity index (χ3n) is 5.27. The van der Waals surface area contributed by atoms with Gasteiger partial charge in [0.1, 0.15) is 11.8 Å². The summed E-state index contributed by atoms with van der Waals surface area (Å²) in [5, 5.41) is 6.31. The number of nitrogens with zero attached hydrogens (tertiary/aromatic N) is 1. The summed E-state index contributed by atoms with van der Waals surface area (Å²) >= 11 is 0. The molecular formula is C25H25N3O3. The fraction of sp³-hybridized carbons (Fsp3) is 0.200. The van der Waals surface area contributed by atoms with Crippen LogP contribution in [0.4, 0.5) is 17.1 Å². The Balaban J connectivity index is 1.59. The Bertz CT molecular complexity index is 1070. The van der Waals surface area contributed by atoms with Crippen molar-refractivity contribution in [3.8, 4) is 5.75 Å². The average Bonchev–Trinajstić information content (AvgIpc) is 3.24. The lowest BCUT2D eigenvalue weighted by Crippen LogP contribution is -2.27. The zero-order valence-electron chi connectivity index (χ0n) is 17.4. The maximum atomic E-state index is 13.2. The van der Waals surface area contributed by atoms with Gasteiger partial charge < -0.3 is 20.3 Å². The minimum absolute atomic E-state index is 0.132. The van der Waals surface area contributed by atoms with Crippen molar-refractivity contribution < 1.29 is 14.3 Å². The molecule has 2 N–H and O–H groups in total. The van der Waals surface area contributed by atoms with Crippen LogP contribution >= 0.6 is 0 Å². The van der Waals surface area contributed by atoms with Gasteiger partial charge in [0.2, 0.25) is 5.91 Å². The molecule has 2 amide bonds. The number of hydrogen-bond acceptors (Lipinski definition) is 4. The van der Waals surface area contributed by atoms with E-state index in [9.17, 15) is 9.59 Å². The monoisotopic (exact) mass is 415 g/mol. The first-order valence-electron chi connectivity index (χ1n) is 10.3. The molecule has 1 aliphatic rings. The molecule has 3 aromatic carbocycles. The number of nitrogens with one attached hydrogen (secondary N) is 2. The molecule has 3 aromatic rings. The van der Waals surface area contributed by atoms with E-state index in [4.69, 9.17) is 4.74 Å². The van der Waals surface area contributed by atoms with Gasteiger partial charge in [-0.15, -0.1) is 0 Å². The highest BCUT2D eigenvalue weighted by Crippen LogP contribution is 2.28. The van der Waals surface area contributed by atoms with Crippen LogP contribution in [0.2, 0.25) is 0 Å². The van der Waals surface area contributed by atoms with Crippen molar-refractivity contribution in [3.63, 3.8) is 0 Å². The molecule has 0 bridgehead atoms. The standard InChI is InChI=1S/C25H25N3O3/c1-31-22-13-6-11-20(17-22)27-25(30)24(18-8-3-2-4-9-18)26-19-10-5-12-21(16-19)28-15-7-14-23(28)29/h2-6,8-13,16-17,24,26H,7,14-15H2,1H3,(H,27,30)/t24-/m0/s1. The number of anilines is 3. The van der Waals surface area contributed by atoms with E-state index in [2.05, 4.69) is 10.6 Å². The molecule has 1 fully saturated rings. The third kappa shape index (κ3) is 4.86. The summed E-state index contributed by atoms with van der Waals surface area (Å²) in [4.78, 5) is 27.1. The van der Waals surface area contributed by atoms with E-state index in [0.717, 1.165) is 29.9 Å². The number of carbonyl (C=O) groups is 2. The molecular weight excluding hydrogens is 390 g/mol. The number of methoxy groups -OCH3 is 1. The quantitative estimate of drug-likeness (QED) is 0.591. The van der Waals surface area contributed by atoms with Gasteiger partial charge in [-0.25, -0.2) is 0 Å². The molecule has 0 aromatic heterocycles. The van der Waals surface area contributed by atoms with E-state index in [1.807, 2.05) is 72.8 Å². The first kappa shape index (κ1) is 20.5. The molecule has 6 nitrogen and oxygen atoms in total. The fourth-order valence-electron chi connectivity index (χ4n) is 3.71. The van der Waals surface area contributed by atoms with Crippen LogP contribution in [0.15, 0.2) is 78.9 Å². The van der Waals surface area contributed by atoms with Crippen LogP contribution in [-0.4, -0.2) is 25.5 Å². The maximum Gasteiger partial charge on any atom is 0.251 e. The van der Waals surface area contributed by atoms with Crippen LogP contribution in [0.25, 0.3) is 0 Å². The van der Waals surface area contributed by atoms with E-state index in [1.54, 1.807) is 18.1 Å². The zero-order chi connectivity index (χ0) is 21.6. The maximum absolute atomic E-state index is 13.2. The lowest BCUT2D eigenvalue weighted by molar-refractivity contribution is -0.117. The number of ether oxygens (including phenoxy) is 1. The molecule has 0 saturated carbocycles. The second-order valence-corrected chi connectivity index (χ2v) is 7.41. The van der Waals surface area contributed by atoms with Crippen LogP contribution in [-0.2, 0) is 9.59 Å². The Hall–Kier alpha value is -3.80. The Morgan fingerprint density at radius 3 is 2.48 bits per heavy atom. The van der Waals surface area contributed by atoms with Crippen molar-refractivity contribution in [1.29, 1.82) is 0 Å². The summed E-state index contributed by atoms with van der Waals surface area (Å²) < 4.78 is 5.25.